The molecule has 0 amide bonds. The molecule has 3 heteroatoms. The molecule has 0 spiro atoms. The number of esters is 1. The molecule has 0 saturated heterocycles. The van der Waals surface area contributed by atoms with Crippen LogP contribution in [-0.2, 0) is 14.3 Å². The third-order valence-electron chi connectivity index (χ3n) is 3.46. The Labute approximate surface area is 91.2 Å². The Bertz CT molecular complexity index is 252. The second-order valence-electron chi connectivity index (χ2n) is 4.28. The molecule has 0 aromatic heterocycles. The van der Waals surface area contributed by atoms with E-state index in [1.54, 1.807) is 0 Å². The second-order valence-corrected chi connectivity index (χ2v) is 4.28. The highest BCUT2D eigenvalue weighted by atomic mass is 16.5. The Kier molecular flexibility index (Phi) is 3.89. The molecule has 86 valence electrons. The Morgan fingerprint density at radius 2 is 1.87 bits per heavy atom. The molecule has 0 aliphatic heterocycles. The molecule has 0 N–H and O–H groups in total. The van der Waals surface area contributed by atoms with Gasteiger partial charge in [0.05, 0.1) is 12.0 Å². The predicted molar refractivity (Wildman–Crippen MR) is 57.4 cm³/mol. The summed E-state index contributed by atoms with van der Waals surface area (Å²) in [6.07, 6.45) is 2.73. The lowest BCUT2D eigenvalue weighted by molar-refractivity contribution is -0.166. The van der Waals surface area contributed by atoms with Gasteiger partial charge in [0.2, 0.25) is 0 Å². The molecule has 0 aromatic rings. The maximum atomic E-state index is 11.7. The molecule has 0 aromatic carbocycles. The molecule has 15 heavy (non-hydrogen) atoms. The van der Waals surface area contributed by atoms with E-state index >= 15 is 0 Å². The van der Waals surface area contributed by atoms with Crippen molar-refractivity contribution in [1.29, 1.82) is 0 Å². The van der Waals surface area contributed by atoms with Crippen LogP contribution in [0.2, 0.25) is 0 Å². The zero-order valence-corrected chi connectivity index (χ0v) is 9.84. The minimum absolute atomic E-state index is 0.0966. The molecule has 1 aliphatic rings. The summed E-state index contributed by atoms with van der Waals surface area (Å²) in [6.45, 7) is 6.10. The second kappa shape index (κ2) is 4.77. The first kappa shape index (κ1) is 12.2. The third-order valence-corrected chi connectivity index (χ3v) is 3.46. The molecule has 3 nitrogen and oxygen atoms in total. The summed E-state index contributed by atoms with van der Waals surface area (Å²) in [6, 6.07) is 0. The van der Waals surface area contributed by atoms with Crippen LogP contribution in [-0.4, -0.2) is 18.4 Å². The zero-order chi connectivity index (χ0) is 11.5. The fourth-order valence-electron chi connectivity index (χ4n) is 2.28. The van der Waals surface area contributed by atoms with E-state index < -0.39 is 0 Å². The van der Waals surface area contributed by atoms with Crippen molar-refractivity contribution in [3.05, 3.63) is 0 Å². The van der Waals surface area contributed by atoms with Gasteiger partial charge in [-0.2, -0.15) is 0 Å². The molecule has 0 radical (unpaired) electrons. The van der Waals surface area contributed by atoms with Gasteiger partial charge in [0.15, 0.2) is 0 Å². The first-order valence-corrected chi connectivity index (χ1v) is 5.79. The van der Waals surface area contributed by atoms with Gasteiger partial charge in [0.25, 0.3) is 0 Å². The number of carbonyl (C=O) groups is 2. The highest BCUT2D eigenvalue weighted by molar-refractivity contribution is 5.86. The lowest BCUT2D eigenvalue weighted by Gasteiger charge is -2.44. The lowest BCUT2D eigenvalue weighted by Crippen LogP contribution is -2.47. The van der Waals surface area contributed by atoms with Gasteiger partial charge in [-0.3, -0.25) is 9.59 Å². The molecule has 1 rings (SSSR count). The maximum absolute atomic E-state index is 11.7. The Morgan fingerprint density at radius 1 is 1.27 bits per heavy atom. The van der Waals surface area contributed by atoms with E-state index in [9.17, 15) is 9.59 Å². The van der Waals surface area contributed by atoms with E-state index in [2.05, 4.69) is 0 Å². The van der Waals surface area contributed by atoms with Gasteiger partial charge >= 0.3 is 5.97 Å². The average molecular weight is 212 g/mol. The number of ketones is 1. The summed E-state index contributed by atoms with van der Waals surface area (Å²) in [5.74, 6) is 0.260. The van der Waals surface area contributed by atoms with Crippen molar-refractivity contribution >= 4 is 11.8 Å². The predicted octanol–water partition coefficient (Wildman–Crippen LogP) is 2.33. The van der Waals surface area contributed by atoms with E-state index in [1.807, 2.05) is 20.8 Å². The molecule has 0 unspecified atom stereocenters. The van der Waals surface area contributed by atoms with Gasteiger partial charge in [-0.05, 0) is 26.2 Å². The van der Waals surface area contributed by atoms with Crippen LogP contribution in [0.5, 0.6) is 0 Å². The number of rotatable bonds is 5. The fourth-order valence-corrected chi connectivity index (χ4v) is 2.28. The van der Waals surface area contributed by atoms with E-state index in [0.29, 0.717) is 25.9 Å². The van der Waals surface area contributed by atoms with Crippen LogP contribution < -0.4 is 0 Å². The molecule has 1 aliphatic carbocycles. The summed E-state index contributed by atoms with van der Waals surface area (Å²) in [5, 5.41) is 0. The number of ether oxygens (including phenoxy) is 1. The van der Waals surface area contributed by atoms with Gasteiger partial charge in [-0.25, -0.2) is 0 Å². The number of Topliss-reactive ketones (excluding diaryl/α,β-unsaturated/α-hetero) is 1. The van der Waals surface area contributed by atoms with Crippen molar-refractivity contribution in [2.24, 2.45) is 11.3 Å². The topological polar surface area (TPSA) is 43.4 Å². The fraction of sp³-hybridized carbons (Fsp3) is 0.833. The first-order valence-electron chi connectivity index (χ1n) is 5.79. The van der Waals surface area contributed by atoms with Crippen LogP contribution in [0.25, 0.3) is 0 Å². The Hall–Kier alpha value is -0.860. The van der Waals surface area contributed by atoms with Crippen LogP contribution in [0.1, 0.15) is 46.5 Å². The third kappa shape index (κ3) is 2.21. The van der Waals surface area contributed by atoms with Gasteiger partial charge < -0.3 is 4.74 Å². The van der Waals surface area contributed by atoms with Gasteiger partial charge in [-0.1, -0.05) is 13.8 Å². The molecule has 1 fully saturated rings. The first-order chi connectivity index (χ1) is 7.09. The van der Waals surface area contributed by atoms with Crippen molar-refractivity contribution in [2.75, 3.05) is 6.61 Å². The smallest absolute Gasteiger partial charge is 0.312 e. The quantitative estimate of drug-likeness (QED) is 0.657. The van der Waals surface area contributed by atoms with Gasteiger partial charge in [0, 0.05) is 12.3 Å². The van der Waals surface area contributed by atoms with Gasteiger partial charge in [-0.15, -0.1) is 0 Å². The van der Waals surface area contributed by atoms with Crippen molar-refractivity contribution in [2.45, 2.75) is 46.5 Å². The van der Waals surface area contributed by atoms with E-state index in [-0.39, 0.29) is 23.1 Å². The van der Waals surface area contributed by atoms with Crippen molar-refractivity contribution in [3.63, 3.8) is 0 Å². The average Bonchev–Trinajstić information content (AvgIpc) is 2.17. The SMILES string of the molecule is CCOC(=O)[C@]1(CC)C[C@H](C(=O)CC)C1. The minimum atomic E-state index is -0.356. The highest BCUT2D eigenvalue weighted by Crippen LogP contribution is 2.49. The lowest BCUT2D eigenvalue weighted by atomic mass is 9.59. The monoisotopic (exact) mass is 212 g/mol. The summed E-state index contributed by atoms with van der Waals surface area (Å²) in [4.78, 5) is 23.1. The zero-order valence-electron chi connectivity index (χ0n) is 9.84. The van der Waals surface area contributed by atoms with Crippen LogP contribution in [0.3, 0.4) is 0 Å². The Balaban J connectivity index is 2.55. The standard InChI is InChI=1S/C12H20O3/c1-4-10(13)9-7-12(5-2,8-9)11(14)15-6-3/h9H,4-8H2,1-3H3/t9-,12+. The number of carbonyl (C=O) groups excluding carboxylic acids is 2. The minimum Gasteiger partial charge on any atom is -0.466 e. The summed E-state index contributed by atoms with van der Waals surface area (Å²) < 4.78 is 5.05. The Morgan fingerprint density at radius 3 is 2.27 bits per heavy atom. The largest absolute Gasteiger partial charge is 0.466 e. The van der Waals surface area contributed by atoms with Crippen LogP contribution in [0, 0.1) is 11.3 Å². The van der Waals surface area contributed by atoms with Crippen molar-refractivity contribution < 1.29 is 14.3 Å². The number of hydrogen-bond acceptors (Lipinski definition) is 3. The molecule has 0 bridgehead atoms. The molecule has 0 heterocycles. The van der Waals surface area contributed by atoms with Crippen LogP contribution in [0.15, 0.2) is 0 Å². The van der Waals surface area contributed by atoms with E-state index in [1.165, 1.54) is 0 Å². The molecular weight excluding hydrogens is 192 g/mol. The van der Waals surface area contributed by atoms with Crippen LogP contribution in [0.4, 0.5) is 0 Å². The summed E-state index contributed by atoms with van der Waals surface area (Å²) in [7, 11) is 0. The van der Waals surface area contributed by atoms with Gasteiger partial charge in [0.1, 0.15) is 5.78 Å². The normalized spacial score (nSPS) is 29.4. The highest BCUT2D eigenvalue weighted by Gasteiger charge is 2.51. The van der Waals surface area contributed by atoms with Crippen molar-refractivity contribution in [1.82, 2.24) is 0 Å². The van der Waals surface area contributed by atoms with E-state index in [0.717, 1.165) is 6.42 Å². The van der Waals surface area contributed by atoms with Crippen molar-refractivity contribution in [3.8, 4) is 0 Å². The molecular formula is C12H20O3. The summed E-state index contributed by atoms with van der Waals surface area (Å²) >= 11 is 0. The van der Waals surface area contributed by atoms with E-state index in [4.69, 9.17) is 4.74 Å². The van der Waals surface area contributed by atoms with Crippen LogP contribution >= 0.6 is 0 Å². The summed E-state index contributed by atoms with van der Waals surface area (Å²) in [5.41, 5.74) is -0.356. The molecule has 1 saturated carbocycles. The molecule has 0 atom stereocenters. The number of hydrogen-bond donors (Lipinski definition) is 0. The maximum Gasteiger partial charge on any atom is 0.312 e.